The third kappa shape index (κ3) is 6.15. The summed E-state index contributed by atoms with van der Waals surface area (Å²) >= 11 is 0. The minimum absolute atomic E-state index is 0.105. The van der Waals surface area contributed by atoms with E-state index in [1.807, 2.05) is 31.2 Å². The summed E-state index contributed by atoms with van der Waals surface area (Å²) in [6, 6.07) is 13.1. The molecule has 0 bridgehead atoms. The van der Waals surface area contributed by atoms with Crippen molar-refractivity contribution >= 4 is 29.3 Å². The number of nitrogens with two attached hydrogens (primary N) is 1. The van der Waals surface area contributed by atoms with Gasteiger partial charge >= 0.3 is 6.09 Å². The Hall–Kier alpha value is -3.59. The second-order valence-corrected chi connectivity index (χ2v) is 9.58. The molecule has 1 saturated heterocycles. The van der Waals surface area contributed by atoms with Crippen LogP contribution in [0.4, 0.5) is 16.2 Å². The molecule has 2 aliphatic rings. The molecule has 0 aromatic heterocycles. The molecule has 2 aromatic rings. The van der Waals surface area contributed by atoms with Gasteiger partial charge < -0.3 is 30.9 Å². The number of piperazine rings is 1. The Morgan fingerprint density at radius 2 is 1.61 bits per heavy atom. The second kappa shape index (κ2) is 11.4. The zero-order valence-electron chi connectivity index (χ0n) is 21.0. The number of hydrogen-bond donors (Lipinski definition) is 3. The van der Waals surface area contributed by atoms with Gasteiger partial charge in [0.15, 0.2) is 0 Å². The van der Waals surface area contributed by atoms with Crippen molar-refractivity contribution < 1.29 is 19.1 Å². The number of hydrogen-bond acceptors (Lipinski definition) is 6. The molecule has 2 aromatic carbocycles. The molecule has 9 nitrogen and oxygen atoms in total. The van der Waals surface area contributed by atoms with Gasteiger partial charge in [-0.15, -0.1) is 0 Å². The Morgan fingerprint density at radius 3 is 2.28 bits per heavy atom. The number of nitrogens with zero attached hydrogens (tertiary/aromatic N) is 2. The maximum atomic E-state index is 13.1. The summed E-state index contributed by atoms with van der Waals surface area (Å²) in [6.45, 7) is 4.10. The first-order valence-electron chi connectivity index (χ1n) is 12.5. The van der Waals surface area contributed by atoms with Crippen LogP contribution in [-0.4, -0.2) is 68.2 Å². The molecule has 1 aliphatic carbocycles. The molecule has 2 fully saturated rings. The van der Waals surface area contributed by atoms with Crippen molar-refractivity contribution in [3.63, 3.8) is 0 Å². The second-order valence-electron chi connectivity index (χ2n) is 9.58. The summed E-state index contributed by atoms with van der Waals surface area (Å²) in [5.74, 6) is -0.407. The van der Waals surface area contributed by atoms with E-state index >= 15 is 0 Å². The largest absolute Gasteiger partial charge is 0.453 e. The molecule has 192 valence electrons. The summed E-state index contributed by atoms with van der Waals surface area (Å²) < 4.78 is 4.84. The molecule has 1 heterocycles. The Morgan fingerprint density at radius 1 is 0.917 bits per heavy atom. The van der Waals surface area contributed by atoms with E-state index in [0.29, 0.717) is 43.0 Å². The smallest absolute Gasteiger partial charge is 0.409 e. The van der Waals surface area contributed by atoms with Gasteiger partial charge in [-0.3, -0.25) is 9.59 Å². The van der Waals surface area contributed by atoms with Crippen LogP contribution in [0.5, 0.6) is 0 Å². The monoisotopic (exact) mass is 493 g/mol. The fraction of sp³-hybridized carbons (Fsp3) is 0.444. The third-order valence-electron chi connectivity index (χ3n) is 6.95. The highest BCUT2D eigenvalue weighted by Crippen LogP contribution is 2.29. The van der Waals surface area contributed by atoms with Gasteiger partial charge in [-0.1, -0.05) is 17.7 Å². The first-order valence-corrected chi connectivity index (χ1v) is 12.5. The molecule has 1 aliphatic heterocycles. The Kier molecular flexibility index (Phi) is 8.10. The van der Waals surface area contributed by atoms with Crippen LogP contribution in [-0.2, 0) is 4.74 Å². The van der Waals surface area contributed by atoms with E-state index in [4.69, 9.17) is 10.5 Å². The minimum Gasteiger partial charge on any atom is -0.453 e. The Bertz CT molecular complexity index is 1110. The zero-order valence-corrected chi connectivity index (χ0v) is 21.0. The molecular formula is C27H35N5O4. The first kappa shape index (κ1) is 25.5. The van der Waals surface area contributed by atoms with Gasteiger partial charge in [0.1, 0.15) is 0 Å². The minimum atomic E-state index is -0.349. The summed E-state index contributed by atoms with van der Waals surface area (Å²) in [5.41, 5.74) is 9.39. The van der Waals surface area contributed by atoms with E-state index in [-0.39, 0.29) is 30.0 Å². The van der Waals surface area contributed by atoms with Crippen molar-refractivity contribution in [2.75, 3.05) is 43.5 Å². The highest BCUT2D eigenvalue weighted by Gasteiger charge is 2.25. The molecule has 36 heavy (non-hydrogen) atoms. The van der Waals surface area contributed by atoms with E-state index in [0.717, 1.165) is 36.9 Å². The van der Waals surface area contributed by atoms with Crippen LogP contribution in [0.25, 0.3) is 0 Å². The Balaban J connectivity index is 1.55. The normalized spacial score (nSPS) is 20.0. The molecule has 4 rings (SSSR count). The summed E-state index contributed by atoms with van der Waals surface area (Å²) in [7, 11) is 1.37. The number of carbonyl (C=O) groups excluding carboxylic acids is 3. The number of nitrogens with one attached hydrogen (secondary N) is 2. The van der Waals surface area contributed by atoms with E-state index < -0.39 is 0 Å². The van der Waals surface area contributed by atoms with Crippen LogP contribution in [0, 0.1) is 6.92 Å². The first-order chi connectivity index (χ1) is 17.3. The molecular weight excluding hydrogens is 458 g/mol. The number of rotatable bonds is 5. The standard InChI is InChI=1S/C27H35N5O4/c1-18-4-3-5-19(16-18)26(34)30-23-17-20(25(33)29-22-9-7-21(28)8-10-22)6-11-24(23)31-12-14-32(15-13-31)27(35)36-2/h3-6,11,16-17,21-22H,7-10,12-15,28H2,1-2H3,(H,29,33)(H,30,34). The molecule has 0 radical (unpaired) electrons. The van der Waals surface area contributed by atoms with Crippen molar-refractivity contribution in [1.82, 2.24) is 10.2 Å². The SMILES string of the molecule is COC(=O)N1CCN(c2ccc(C(=O)NC3CCC(N)CC3)cc2NC(=O)c2cccc(C)c2)CC1. The predicted molar refractivity (Wildman–Crippen MR) is 139 cm³/mol. The lowest BCUT2D eigenvalue weighted by molar-refractivity contribution is 0.0924. The van der Waals surface area contributed by atoms with Gasteiger partial charge in [-0.2, -0.15) is 0 Å². The highest BCUT2D eigenvalue weighted by atomic mass is 16.5. The quantitative estimate of drug-likeness (QED) is 0.589. The summed E-state index contributed by atoms with van der Waals surface area (Å²) in [5, 5.41) is 6.14. The van der Waals surface area contributed by atoms with Gasteiger partial charge in [-0.05, 0) is 62.9 Å². The van der Waals surface area contributed by atoms with Crippen LogP contribution in [0.1, 0.15) is 52.0 Å². The number of methoxy groups -OCH3 is 1. The zero-order chi connectivity index (χ0) is 25.7. The number of amides is 3. The molecule has 0 unspecified atom stereocenters. The molecule has 1 saturated carbocycles. The molecule has 9 heteroatoms. The van der Waals surface area contributed by atoms with E-state index in [1.165, 1.54) is 7.11 Å². The van der Waals surface area contributed by atoms with E-state index in [2.05, 4.69) is 15.5 Å². The van der Waals surface area contributed by atoms with Gasteiger partial charge in [0.05, 0.1) is 18.5 Å². The Labute approximate surface area is 212 Å². The molecule has 0 atom stereocenters. The van der Waals surface area contributed by atoms with Crippen molar-refractivity contribution in [3.8, 4) is 0 Å². The highest BCUT2D eigenvalue weighted by molar-refractivity contribution is 6.07. The van der Waals surface area contributed by atoms with Gasteiger partial charge in [0, 0.05) is 49.4 Å². The maximum absolute atomic E-state index is 13.1. The number of benzene rings is 2. The van der Waals surface area contributed by atoms with E-state index in [1.54, 1.807) is 23.1 Å². The lowest BCUT2D eigenvalue weighted by Gasteiger charge is -2.36. The molecule has 0 spiro atoms. The van der Waals surface area contributed by atoms with Crippen molar-refractivity contribution in [1.29, 1.82) is 0 Å². The van der Waals surface area contributed by atoms with Crippen molar-refractivity contribution in [3.05, 3.63) is 59.2 Å². The summed E-state index contributed by atoms with van der Waals surface area (Å²) in [6.07, 6.45) is 3.19. The summed E-state index contributed by atoms with van der Waals surface area (Å²) in [4.78, 5) is 41.8. The number of anilines is 2. The molecule has 4 N–H and O–H groups in total. The fourth-order valence-corrected chi connectivity index (χ4v) is 4.83. The van der Waals surface area contributed by atoms with Crippen molar-refractivity contribution in [2.45, 2.75) is 44.7 Å². The van der Waals surface area contributed by atoms with Gasteiger partial charge in [0.25, 0.3) is 11.8 Å². The average molecular weight is 494 g/mol. The van der Waals surface area contributed by atoms with Crippen LogP contribution in [0.2, 0.25) is 0 Å². The van der Waals surface area contributed by atoms with Gasteiger partial charge in [-0.25, -0.2) is 4.79 Å². The topological polar surface area (TPSA) is 117 Å². The third-order valence-corrected chi connectivity index (χ3v) is 6.95. The van der Waals surface area contributed by atoms with Crippen LogP contribution >= 0.6 is 0 Å². The number of aryl methyl sites for hydroxylation is 1. The lowest BCUT2D eigenvalue weighted by atomic mass is 9.91. The maximum Gasteiger partial charge on any atom is 0.409 e. The van der Waals surface area contributed by atoms with Crippen LogP contribution in [0.3, 0.4) is 0 Å². The predicted octanol–water partition coefficient (Wildman–Crippen LogP) is 3.14. The lowest BCUT2D eigenvalue weighted by Crippen LogP contribution is -2.49. The van der Waals surface area contributed by atoms with E-state index in [9.17, 15) is 14.4 Å². The van der Waals surface area contributed by atoms with Gasteiger partial charge in [0.2, 0.25) is 0 Å². The molecule has 3 amide bonds. The average Bonchev–Trinajstić information content (AvgIpc) is 2.89. The number of carbonyl (C=O) groups is 3. The van der Waals surface area contributed by atoms with Crippen molar-refractivity contribution in [2.24, 2.45) is 5.73 Å². The number of ether oxygens (including phenoxy) is 1. The van der Waals surface area contributed by atoms with Crippen LogP contribution in [0.15, 0.2) is 42.5 Å². The van der Waals surface area contributed by atoms with Crippen LogP contribution < -0.4 is 21.3 Å². The fourth-order valence-electron chi connectivity index (χ4n) is 4.83.